The molecule has 0 amide bonds. The largest absolute Gasteiger partial charge is 0.261 e. The fraction of sp³-hybridized carbons (Fsp3) is 0.658. The van der Waals surface area contributed by atoms with Gasteiger partial charge >= 0.3 is 0 Å². The average molecular weight is 586 g/mol. The Bertz CT molecular complexity index is 1390. The van der Waals surface area contributed by atoms with E-state index in [0.29, 0.717) is 0 Å². The van der Waals surface area contributed by atoms with E-state index in [9.17, 15) is 0 Å². The maximum Gasteiger partial charge on any atom is 0.134 e. The van der Waals surface area contributed by atoms with Crippen molar-refractivity contribution in [3.63, 3.8) is 0 Å². The molecule has 236 valence electrons. The van der Waals surface area contributed by atoms with Gasteiger partial charge in [0.1, 0.15) is 5.82 Å². The number of hydrogen-bond acceptors (Lipinski definition) is 5. The normalized spacial score (nSPS) is 13.9. The molecule has 0 fully saturated rings. The fourth-order valence-corrected chi connectivity index (χ4v) is 5.05. The van der Waals surface area contributed by atoms with Crippen LogP contribution in [0, 0.1) is 0 Å². The van der Waals surface area contributed by atoms with Gasteiger partial charge in [-0.1, -0.05) is 111 Å². The number of hydrogen-bond donors (Lipinski definition) is 0. The van der Waals surface area contributed by atoms with Gasteiger partial charge < -0.3 is 0 Å². The SMILES string of the molecule is CCC(C)(C)c1cncc(C(C)(C)Cc2cc(C(C)(C)Cc3cc(C(C)(C)C)cc(C(C)(C)C)n3)nc(C(C)(C)C)n2)n1. The molecular formula is C38H59N5. The van der Waals surface area contributed by atoms with Crippen LogP contribution in [0.3, 0.4) is 0 Å². The molecule has 0 aliphatic carbocycles. The zero-order valence-corrected chi connectivity index (χ0v) is 30.2. The van der Waals surface area contributed by atoms with Crippen molar-refractivity contribution in [3.05, 3.63) is 76.1 Å². The molecule has 0 aromatic carbocycles. The Morgan fingerprint density at radius 1 is 0.465 bits per heavy atom. The van der Waals surface area contributed by atoms with Gasteiger partial charge in [-0.25, -0.2) is 9.97 Å². The predicted octanol–water partition coefficient (Wildman–Crippen LogP) is 9.28. The molecule has 0 saturated heterocycles. The van der Waals surface area contributed by atoms with Crippen LogP contribution in [-0.2, 0) is 45.3 Å². The van der Waals surface area contributed by atoms with Crippen LogP contribution in [0.5, 0.6) is 0 Å². The lowest BCUT2D eigenvalue weighted by Gasteiger charge is -2.31. The Balaban J connectivity index is 2.08. The van der Waals surface area contributed by atoms with Gasteiger partial charge in [0.25, 0.3) is 0 Å². The second-order valence-electron chi connectivity index (χ2n) is 17.7. The molecule has 5 nitrogen and oxygen atoms in total. The maximum atomic E-state index is 5.21. The Labute approximate surface area is 263 Å². The molecule has 0 aliphatic rings. The highest BCUT2D eigenvalue weighted by atomic mass is 14.9. The van der Waals surface area contributed by atoms with Crippen LogP contribution in [0.2, 0.25) is 0 Å². The van der Waals surface area contributed by atoms with Gasteiger partial charge in [0.2, 0.25) is 0 Å². The summed E-state index contributed by atoms with van der Waals surface area (Å²) in [5, 5.41) is 0. The van der Waals surface area contributed by atoms with Gasteiger partial charge in [0.15, 0.2) is 0 Å². The summed E-state index contributed by atoms with van der Waals surface area (Å²) in [5.41, 5.74) is 7.05. The van der Waals surface area contributed by atoms with Crippen LogP contribution < -0.4 is 0 Å². The van der Waals surface area contributed by atoms with Crippen molar-refractivity contribution in [2.75, 3.05) is 0 Å². The Morgan fingerprint density at radius 3 is 1.47 bits per heavy atom. The van der Waals surface area contributed by atoms with Crippen molar-refractivity contribution in [1.82, 2.24) is 24.9 Å². The highest BCUT2D eigenvalue weighted by Gasteiger charge is 2.32. The lowest BCUT2D eigenvalue weighted by Crippen LogP contribution is -2.30. The molecule has 0 atom stereocenters. The molecule has 0 aliphatic heterocycles. The van der Waals surface area contributed by atoms with Crippen molar-refractivity contribution in [2.24, 2.45) is 0 Å². The molecule has 0 unspecified atom stereocenters. The molecule has 0 bridgehead atoms. The van der Waals surface area contributed by atoms with Crippen LogP contribution >= 0.6 is 0 Å². The van der Waals surface area contributed by atoms with Crippen LogP contribution in [0.4, 0.5) is 0 Å². The maximum absolute atomic E-state index is 5.21. The first kappa shape index (κ1) is 34.8. The summed E-state index contributed by atoms with van der Waals surface area (Å²) in [5.74, 6) is 0.877. The van der Waals surface area contributed by atoms with Gasteiger partial charge in [0.05, 0.1) is 17.1 Å². The van der Waals surface area contributed by atoms with E-state index in [1.165, 1.54) is 5.56 Å². The van der Waals surface area contributed by atoms with E-state index in [1.54, 1.807) is 0 Å². The second-order valence-corrected chi connectivity index (χ2v) is 17.7. The summed E-state index contributed by atoms with van der Waals surface area (Å²) in [4.78, 5) is 25.3. The minimum atomic E-state index is -0.248. The lowest BCUT2D eigenvalue weighted by molar-refractivity contribution is 0.448. The summed E-state index contributed by atoms with van der Waals surface area (Å²) >= 11 is 0. The molecule has 3 aromatic rings. The van der Waals surface area contributed by atoms with Crippen molar-refractivity contribution in [3.8, 4) is 0 Å². The topological polar surface area (TPSA) is 64.5 Å². The van der Waals surface area contributed by atoms with E-state index >= 15 is 0 Å². The van der Waals surface area contributed by atoms with Gasteiger partial charge in [-0.15, -0.1) is 0 Å². The molecule has 3 rings (SSSR count). The number of pyridine rings is 1. The Morgan fingerprint density at radius 2 is 0.977 bits per heavy atom. The molecule has 0 saturated carbocycles. The first-order valence-electron chi connectivity index (χ1n) is 16.1. The molecule has 3 heterocycles. The molecule has 0 radical (unpaired) electrons. The Hall–Kier alpha value is -2.69. The molecular weight excluding hydrogens is 526 g/mol. The van der Waals surface area contributed by atoms with Crippen LogP contribution in [0.15, 0.2) is 30.6 Å². The first-order valence-corrected chi connectivity index (χ1v) is 16.1. The zero-order chi connectivity index (χ0) is 32.8. The summed E-state index contributed by atoms with van der Waals surface area (Å²) in [6.45, 7) is 35.9. The van der Waals surface area contributed by atoms with Crippen molar-refractivity contribution in [1.29, 1.82) is 0 Å². The minimum absolute atomic E-state index is 0.0181. The van der Waals surface area contributed by atoms with E-state index in [0.717, 1.165) is 59.3 Å². The van der Waals surface area contributed by atoms with Gasteiger partial charge in [-0.05, 0) is 35.6 Å². The number of rotatable bonds is 8. The van der Waals surface area contributed by atoms with E-state index in [-0.39, 0.29) is 32.5 Å². The fourth-order valence-electron chi connectivity index (χ4n) is 5.05. The van der Waals surface area contributed by atoms with Crippen LogP contribution in [0.1, 0.15) is 163 Å². The third kappa shape index (κ3) is 8.48. The molecule has 5 heteroatoms. The second kappa shape index (κ2) is 11.7. The monoisotopic (exact) mass is 585 g/mol. The first-order chi connectivity index (χ1) is 19.3. The van der Waals surface area contributed by atoms with E-state index in [4.69, 9.17) is 19.9 Å². The Kier molecular flexibility index (Phi) is 9.44. The summed E-state index contributed by atoms with van der Waals surface area (Å²) < 4.78 is 0. The van der Waals surface area contributed by atoms with E-state index < -0.39 is 0 Å². The minimum Gasteiger partial charge on any atom is -0.261 e. The zero-order valence-electron chi connectivity index (χ0n) is 30.2. The van der Waals surface area contributed by atoms with Crippen LogP contribution in [0.25, 0.3) is 0 Å². The molecule has 0 N–H and O–H groups in total. The molecule has 3 aromatic heterocycles. The third-order valence-corrected chi connectivity index (χ3v) is 8.81. The van der Waals surface area contributed by atoms with Crippen molar-refractivity contribution in [2.45, 2.75) is 163 Å². The highest BCUT2D eigenvalue weighted by molar-refractivity contribution is 5.33. The average Bonchev–Trinajstić information content (AvgIpc) is 2.86. The van der Waals surface area contributed by atoms with Crippen molar-refractivity contribution >= 4 is 0 Å². The summed E-state index contributed by atoms with van der Waals surface area (Å²) in [6.07, 6.45) is 6.39. The molecule has 0 spiro atoms. The van der Waals surface area contributed by atoms with Crippen LogP contribution in [-0.4, -0.2) is 24.9 Å². The highest BCUT2D eigenvalue weighted by Crippen LogP contribution is 2.35. The van der Waals surface area contributed by atoms with Gasteiger partial charge in [-0.2, -0.15) is 0 Å². The lowest BCUT2D eigenvalue weighted by atomic mass is 9.79. The van der Waals surface area contributed by atoms with Crippen molar-refractivity contribution < 1.29 is 0 Å². The van der Waals surface area contributed by atoms with E-state index in [2.05, 4.69) is 134 Å². The van der Waals surface area contributed by atoms with E-state index in [1.807, 2.05) is 12.4 Å². The predicted molar refractivity (Wildman–Crippen MR) is 181 cm³/mol. The summed E-state index contributed by atoms with van der Waals surface area (Å²) in [7, 11) is 0. The standard InChI is InChI=1S/C38H59N5/c1-17-36(11,12)30-23-39-24-31(42-30)38(15,16)22-27-20-29(43-32(41-27)35(8,9)10)37(13,14)21-26-18-25(33(2,3)4)19-28(40-26)34(5,6)7/h18-20,23-24H,17,21-22H2,1-16H3. The summed E-state index contributed by atoms with van der Waals surface area (Å²) in [6, 6.07) is 6.82. The van der Waals surface area contributed by atoms with Gasteiger partial charge in [0, 0.05) is 69.4 Å². The molecule has 43 heavy (non-hydrogen) atoms. The third-order valence-electron chi connectivity index (χ3n) is 8.81. The number of nitrogens with zero attached hydrogens (tertiary/aromatic N) is 5. The van der Waals surface area contributed by atoms with Gasteiger partial charge in [-0.3, -0.25) is 15.0 Å². The number of aromatic nitrogens is 5. The smallest absolute Gasteiger partial charge is 0.134 e. The quantitative estimate of drug-likeness (QED) is 0.264.